The van der Waals surface area contributed by atoms with Crippen LogP contribution in [0, 0.1) is 17.8 Å². The van der Waals surface area contributed by atoms with E-state index in [1.165, 1.54) is 0 Å². The molecule has 2 unspecified atom stereocenters. The van der Waals surface area contributed by atoms with Crippen LogP contribution in [0.4, 0.5) is 0 Å². The Balaban J connectivity index is 2.03. The molecule has 0 radical (unpaired) electrons. The van der Waals surface area contributed by atoms with Gasteiger partial charge in [0.05, 0.1) is 0 Å². The van der Waals surface area contributed by atoms with E-state index in [0.717, 1.165) is 32.4 Å². The van der Waals surface area contributed by atoms with Gasteiger partial charge in [0.15, 0.2) is 0 Å². The largest absolute Gasteiger partial charge is 0.317 e. The second-order valence-corrected chi connectivity index (χ2v) is 8.84. The minimum absolute atomic E-state index is 0.459. The molecule has 6 heteroatoms. The lowest BCUT2D eigenvalue weighted by atomic mass is 9.94. The predicted molar refractivity (Wildman–Crippen MR) is 86.3 cm³/mol. The van der Waals surface area contributed by atoms with E-state index in [2.05, 4.69) is 19.2 Å². The molecule has 0 aromatic rings. The Morgan fingerprint density at radius 1 is 1.14 bits per heavy atom. The third-order valence-electron chi connectivity index (χ3n) is 4.76. The third kappa shape index (κ3) is 4.41. The Morgan fingerprint density at radius 2 is 1.71 bits per heavy atom. The number of hydrogen-bond acceptors (Lipinski definition) is 3. The molecule has 2 rings (SSSR count). The molecule has 2 heterocycles. The zero-order chi connectivity index (χ0) is 15.5. The summed E-state index contributed by atoms with van der Waals surface area (Å²) in [4.78, 5) is 0. The number of nitrogens with one attached hydrogen (secondary N) is 1. The Kier molecular flexibility index (Phi) is 6.05. The normalized spacial score (nSPS) is 29.9. The van der Waals surface area contributed by atoms with Crippen LogP contribution in [-0.4, -0.2) is 56.3 Å². The fourth-order valence-corrected chi connectivity index (χ4v) is 5.63. The van der Waals surface area contributed by atoms with Crippen LogP contribution in [0.1, 0.15) is 40.0 Å². The summed E-state index contributed by atoms with van der Waals surface area (Å²) < 4.78 is 29.3. The van der Waals surface area contributed by atoms with Crippen molar-refractivity contribution in [3.8, 4) is 0 Å². The van der Waals surface area contributed by atoms with E-state index in [4.69, 9.17) is 0 Å². The first-order valence-corrected chi connectivity index (χ1v) is 9.79. The van der Waals surface area contributed by atoms with Gasteiger partial charge in [-0.1, -0.05) is 20.8 Å². The van der Waals surface area contributed by atoms with E-state index in [1.54, 1.807) is 8.61 Å². The molecule has 0 spiro atoms. The van der Waals surface area contributed by atoms with E-state index in [-0.39, 0.29) is 0 Å². The number of piperidine rings is 2. The maximum atomic E-state index is 12.9. The summed E-state index contributed by atoms with van der Waals surface area (Å²) in [6.45, 7) is 10.9. The lowest BCUT2D eigenvalue weighted by molar-refractivity contribution is 0.202. The van der Waals surface area contributed by atoms with Gasteiger partial charge in [0, 0.05) is 26.2 Å². The van der Waals surface area contributed by atoms with Crippen molar-refractivity contribution in [3.05, 3.63) is 0 Å². The van der Waals surface area contributed by atoms with Gasteiger partial charge < -0.3 is 5.32 Å². The maximum Gasteiger partial charge on any atom is 0.281 e. The van der Waals surface area contributed by atoms with Crippen molar-refractivity contribution in [1.29, 1.82) is 0 Å². The molecule has 2 saturated heterocycles. The highest BCUT2D eigenvalue weighted by atomic mass is 32.2. The van der Waals surface area contributed by atoms with Gasteiger partial charge in [-0.15, -0.1) is 0 Å². The van der Waals surface area contributed by atoms with Gasteiger partial charge in [-0.2, -0.15) is 17.0 Å². The van der Waals surface area contributed by atoms with Crippen LogP contribution in [-0.2, 0) is 10.2 Å². The predicted octanol–water partition coefficient (Wildman–Crippen LogP) is 1.53. The van der Waals surface area contributed by atoms with Crippen LogP contribution < -0.4 is 5.32 Å². The van der Waals surface area contributed by atoms with Crippen LogP contribution in [0.15, 0.2) is 0 Å². The number of rotatable bonds is 5. The lowest BCUT2D eigenvalue weighted by Crippen LogP contribution is -2.51. The molecule has 0 aromatic carbocycles. The summed E-state index contributed by atoms with van der Waals surface area (Å²) in [5.41, 5.74) is 0. The van der Waals surface area contributed by atoms with Crippen LogP contribution in [0.3, 0.4) is 0 Å². The van der Waals surface area contributed by atoms with Gasteiger partial charge in [0.1, 0.15) is 0 Å². The number of hydrogen-bond donors (Lipinski definition) is 1. The van der Waals surface area contributed by atoms with E-state index < -0.39 is 10.2 Å². The molecule has 0 saturated carbocycles. The zero-order valence-electron chi connectivity index (χ0n) is 13.7. The average molecular weight is 317 g/mol. The van der Waals surface area contributed by atoms with Crippen LogP contribution in [0.2, 0.25) is 0 Å². The Bertz CT molecular complexity index is 411. The average Bonchev–Trinajstić information content (AvgIpc) is 2.44. The highest BCUT2D eigenvalue weighted by Crippen LogP contribution is 2.25. The minimum Gasteiger partial charge on any atom is -0.317 e. The van der Waals surface area contributed by atoms with E-state index >= 15 is 0 Å². The highest BCUT2D eigenvalue weighted by molar-refractivity contribution is 7.86. The topological polar surface area (TPSA) is 52.7 Å². The van der Waals surface area contributed by atoms with E-state index in [0.29, 0.717) is 43.9 Å². The van der Waals surface area contributed by atoms with Crippen molar-refractivity contribution in [2.75, 3.05) is 39.3 Å². The summed E-state index contributed by atoms with van der Waals surface area (Å²) in [5.74, 6) is 1.42. The first kappa shape index (κ1) is 17.2. The molecule has 1 N–H and O–H groups in total. The van der Waals surface area contributed by atoms with Crippen LogP contribution >= 0.6 is 0 Å². The monoisotopic (exact) mass is 317 g/mol. The lowest BCUT2D eigenvalue weighted by Gasteiger charge is -2.38. The van der Waals surface area contributed by atoms with Gasteiger partial charge in [-0.05, 0) is 50.1 Å². The Labute approximate surface area is 130 Å². The first-order valence-electron chi connectivity index (χ1n) is 8.39. The van der Waals surface area contributed by atoms with Crippen LogP contribution in [0.25, 0.3) is 0 Å². The van der Waals surface area contributed by atoms with Crippen LogP contribution in [0.5, 0.6) is 0 Å². The smallest absolute Gasteiger partial charge is 0.281 e. The molecule has 124 valence electrons. The van der Waals surface area contributed by atoms with Gasteiger partial charge in [-0.3, -0.25) is 0 Å². The Hall–Kier alpha value is -0.170. The second kappa shape index (κ2) is 7.40. The highest BCUT2D eigenvalue weighted by Gasteiger charge is 2.35. The molecular weight excluding hydrogens is 286 g/mol. The fraction of sp³-hybridized carbons (Fsp3) is 1.00. The molecule has 2 aliphatic heterocycles. The Morgan fingerprint density at radius 3 is 2.24 bits per heavy atom. The second-order valence-electron chi connectivity index (χ2n) is 6.91. The molecule has 0 aromatic heterocycles. The molecule has 5 nitrogen and oxygen atoms in total. The van der Waals surface area contributed by atoms with Gasteiger partial charge >= 0.3 is 0 Å². The van der Waals surface area contributed by atoms with E-state index in [1.807, 2.05) is 6.92 Å². The van der Waals surface area contributed by atoms with Gasteiger partial charge in [0.25, 0.3) is 10.2 Å². The zero-order valence-corrected chi connectivity index (χ0v) is 14.5. The van der Waals surface area contributed by atoms with Crippen molar-refractivity contribution in [2.45, 2.75) is 40.0 Å². The summed E-state index contributed by atoms with van der Waals surface area (Å²) in [5, 5.41) is 3.34. The van der Waals surface area contributed by atoms with Crippen molar-refractivity contribution in [3.63, 3.8) is 0 Å². The van der Waals surface area contributed by atoms with Gasteiger partial charge in [0.2, 0.25) is 0 Å². The quantitative estimate of drug-likeness (QED) is 0.837. The SMILES string of the molecule is CCN(CC1CCNCC1)S(=O)(=O)N1CC(C)CC(C)C1. The molecule has 2 aliphatic rings. The number of nitrogens with zero attached hydrogens (tertiary/aromatic N) is 2. The maximum absolute atomic E-state index is 12.9. The molecule has 2 fully saturated rings. The molecule has 0 amide bonds. The molecule has 0 bridgehead atoms. The van der Waals surface area contributed by atoms with Crippen molar-refractivity contribution < 1.29 is 8.42 Å². The minimum atomic E-state index is -3.29. The summed E-state index contributed by atoms with van der Waals surface area (Å²) in [6, 6.07) is 0. The summed E-state index contributed by atoms with van der Waals surface area (Å²) >= 11 is 0. The third-order valence-corrected chi connectivity index (χ3v) is 6.77. The molecule has 2 atom stereocenters. The van der Waals surface area contributed by atoms with E-state index in [9.17, 15) is 8.42 Å². The summed E-state index contributed by atoms with van der Waals surface area (Å²) in [6.07, 6.45) is 3.30. The standard InChI is InChI=1S/C15H31N3O2S/c1-4-17(12-15-5-7-16-8-6-15)21(19,20)18-10-13(2)9-14(3)11-18/h13-16H,4-12H2,1-3H3. The van der Waals surface area contributed by atoms with Crippen molar-refractivity contribution >= 4 is 10.2 Å². The molecule has 0 aliphatic carbocycles. The van der Waals surface area contributed by atoms with Gasteiger partial charge in [-0.25, -0.2) is 0 Å². The van der Waals surface area contributed by atoms with Crippen molar-refractivity contribution in [2.24, 2.45) is 17.8 Å². The molecule has 21 heavy (non-hydrogen) atoms. The van der Waals surface area contributed by atoms with Crippen molar-refractivity contribution in [1.82, 2.24) is 13.9 Å². The fourth-order valence-electron chi connectivity index (χ4n) is 3.70. The first-order chi connectivity index (χ1) is 9.93. The summed E-state index contributed by atoms with van der Waals surface area (Å²) in [7, 11) is -3.29. The molecular formula is C15H31N3O2S.